The van der Waals surface area contributed by atoms with Crippen molar-refractivity contribution in [2.24, 2.45) is 0 Å². The quantitative estimate of drug-likeness (QED) is 0.891. The van der Waals surface area contributed by atoms with E-state index in [1.165, 1.54) is 12.1 Å². The molecule has 8 heteroatoms. The van der Waals surface area contributed by atoms with Gasteiger partial charge in [-0.2, -0.15) is 4.31 Å². The molecule has 0 aliphatic carbocycles. The lowest BCUT2D eigenvalue weighted by Crippen LogP contribution is -2.53. The van der Waals surface area contributed by atoms with Crippen LogP contribution < -0.4 is 0 Å². The van der Waals surface area contributed by atoms with Gasteiger partial charge in [0.2, 0.25) is 10.0 Å². The highest BCUT2D eigenvalue weighted by molar-refractivity contribution is 7.89. The molecule has 1 fully saturated rings. The lowest BCUT2D eigenvalue weighted by molar-refractivity contribution is -0.143. The summed E-state index contributed by atoms with van der Waals surface area (Å²) in [7, 11) is -0.367. The Morgan fingerprint density at radius 1 is 1.41 bits per heavy atom. The molecule has 122 valence electrons. The zero-order valence-corrected chi connectivity index (χ0v) is 13.3. The summed E-state index contributed by atoms with van der Waals surface area (Å²) in [6.45, 7) is 0.0959. The Kier molecular flexibility index (Phi) is 4.84. The van der Waals surface area contributed by atoms with E-state index < -0.39 is 27.9 Å². The first-order valence-corrected chi connectivity index (χ1v) is 8.34. The van der Waals surface area contributed by atoms with Crippen LogP contribution in [0.4, 0.5) is 4.39 Å². The normalized spacial score (nSPS) is 23.6. The third-order valence-corrected chi connectivity index (χ3v) is 5.85. The van der Waals surface area contributed by atoms with Crippen molar-refractivity contribution >= 4 is 16.0 Å². The van der Waals surface area contributed by atoms with Crippen LogP contribution in [0.5, 0.6) is 0 Å². The molecular weight excluding hydrogens is 311 g/mol. The summed E-state index contributed by atoms with van der Waals surface area (Å²) in [4.78, 5) is 13.1. The number of aliphatic carboxylic acids is 1. The van der Waals surface area contributed by atoms with Crippen LogP contribution in [-0.4, -0.2) is 61.4 Å². The second-order valence-corrected chi connectivity index (χ2v) is 7.46. The second-order valence-electron chi connectivity index (χ2n) is 5.57. The number of rotatable bonds is 4. The Labute approximate surface area is 129 Å². The molecule has 1 aromatic rings. The minimum absolute atomic E-state index is 0.0000551. The summed E-state index contributed by atoms with van der Waals surface area (Å²) < 4.78 is 39.5. The number of benzene rings is 1. The summed E-state index contributed by atoms with van der Waals surface area (Å²) in [5.74, 6) is -1.86. The maximum atomic E-state index is 13.3. The highest BCUT2D eigenvalue weighted by atomic mass is 32.2. The third-order valence-electron chi connectivity index (χ3n) is 3.94. The van der Waals surface area contributed by atoms with Crippen LogP contribution in [0.1, 0.15) is 12.8 Å². The molecule has 2 unspecified atom stereocenters. The van der Waals surface area contributed by atoms with E-state index >= 15 is 0 Å². The predicted octanol–water partition coefficient (Wildman–Crippen LogP) is 0.994. The first kappa shape index (κ1) is 16.9. The van der Waals surface area contributed by atoms with Gasteiger partial charge in [0.05, 0.1) is 4.90 Å². The summed E-state index contributed by atoms with van der Waals surface area (Å²) >= 11 is 0. The van der Waals surface area contributed by atoms with E-state index in [2.05, 4.69) is 0 Å². The number of piperidine rings is 1. The molecule has 1 saturated heterocycles. The van der Waals surface area contributed by atoms with E-state index in [-0.39, 0.29) is 23.9 Å². The number of carboxylic acid groups (broad SMARTS) is 1. The van der Waals surface area contributed by atoms with E-state index in [4.69, 9.17) is 0 Å². The Hall–Kier alpha value is -1.51. The molecule has 2 atom stereocenters. The van der Waals surface area contributed by atoms with Gasteiger partial charge in [-0.1, -0.05) is 6.07 Å². The summed E-state index contributed by atoms with van der Waals surface area (Å²) in [6, 6.07) is 3.48. The zero-order chi connectivity index (χ0) is 16.5. The van der Waals surface area contributed by atoms with Crippen molar-refractivity contribution in [3.05, 3.63) is 30.1 Å². The van der Waals surface area contributed by atoms with Gasteiger partial charge in [-0.15, -0.1) is 0 Å². The average Bonchev–Trinajstić information content (AvgIpc) is 2.46. The van der Waals surface area contributed by atoms with Gasteiger partial charge < -0.3 is 10.0 Å². The van der Waals surface area contributed by atoms with Crippen LogP contribution in [0.25, 0.3) is 0 Å². The fourth-order valence-electron chi connectivity index (χ4n) is 2.67. The molecule has 1 N–H and O–H groups in total. The highest BCUT2D eigenvalue weighted by Gasteiger charge is 2.41. The van der Waals surface area contributed by atoms with Gasteiger partial charge in [0, 0.05) is 12.6 Å². The minimum atomic E-state index is -4.03. The van der Waals surface area contributed by atoms with Crippen molar-refractivity contribution in [3.8, 4) is 0 Å². The fourth-order valence-corrected chi connectivity index (χ4v) is 4.31. The van der Waals surface area contributed by atoms with E-state index in [9.17, 15) is 22.7 Å². The number of nitrogens with zero attached hydrogens (tertiary/aromatic N) is 2. The summed E-state index contributed by atoms with van der Waals surface area (Å²) in [5.41, 5.74) is 0. The molecule has 0 amide bonds. The van der Waals surface area contributed by atoms with Gasteiger partial charge in [0.25, 0.3) is 0 Å². The SMILES string of the molecule is CN(C)C1CCN(S(=O)(=O)c2cccc(F)c2)C(C(=O)O)C1. The van der Waals surface area contributed by atoms with E-state index in [1.54, 1.807) is 0 Å². The predicted molar refractivity (Wildman–Crippen MR) is 78.4 cm³/mol. The molecule has 1 aliphatic rings. The zero-order valence-electron chi connectivity index (χ0n) is 12.4. The Balaban J connectivity index is 2.35. The highest BCUT2D eigenvalue weighted by Crippen LogP contribution is 2.27. The molecule has 0 spiro atoms. The van der Waals surface area contributed by atoms with Gasteiger partial charge in [0.1, 0.15) is 11.9 Å². The van der Waals surface area contributed by atoms with Crippen LogP contribution >= 0.6 is 0 Å². The van der Waals surface area contributed by atoms with Gasteiger partial charge >= 0.3 is 5.97 Å². The number of sulfonamides is 1. The van der Waals surface area contributed by atoms with Crippen molar-refractivity contribution in [3.63, 3.8) is 0 Å². The largest absolute Gasteiger partial charge is 0.480 e. The van der Waals surface area contributed by atoms with Gasteiger partial charge in [0.15, 0.2) is 0 Å². The molecule has 6 nitrogen and oxygen atoms in total. The van der Waals surface area contributed by atoms with Crippen LogP contribution in [0.2, 0.25) is 0 Å². The van der Waals surface area contributed by atoms with Crippen LogP contribution in [0.15, 0.2) is 29.2 Å². The standard InChI is InChI=1S/C14H19FN2O4S/c1-16(2)11-6-7-17(13(9-11)14(18)19)22(20,21)12-5-3-4-10(15)8-12/h3-5,8,11,13H,6-7,9H2,1-2H3,(H,18,19). The number of hydrogen-bond acceptors (Lipinski definition) is 4. The van der Waals surface area contributed by atoms with Gasteiger partial charge in [-0.25, -0.2) is 12.8 Å². The van der Waals surface area contributed by atoms with Crippen LogP contribution in [-0.2, 0) is 14.8 Å². The summed E-state index contributed by atoms with van der Waals surface area (Å²) in [6.07, 6.45) is 0.738. The lowest BCUT2D eigenvalue weighted by Gasteiger charge is -2.38. The van der Waals surface area contributed by atoms with Gasteiger partial charge in [-0.3, -0.25) is 4.79 Å². The molecule has 1 heterocycles. The molecule has 0 radical (unpaired) electrons. The van der Waals surface area contributed by atoms with Crippen molar-refractivity contribution in [2.75, 3.05) is 20.6 Å². The van der Waals surface area contributed by atoms with E-state index in [0.29, 0.717) is 6.42 Å². The molecule has 0 saturated carbocycles. The second kappa shape index (κ2) is 6.31. The number of halogens is 1. The van der Waals surface area contributed by atoms with Crippen molar-refractivity contribution < 1.29 is 22.7 Å². The average molecular weight is 330 g/mol. The molecule has 1 aromatic carbocycles. The van der Waals surface area contributed by atoms with Crippen molar-refractivity contribution in [1.82, 2.24) is 9.21 Å². The fraction of sp³-hybridized carbons (Fsp3) is 0.500. The molecular formula is C14H19FN2O4S. The summed E-state index contributed by atoms with van der Waals surface area (Å²) in [5, 5.41) is 9.37. The first-order chi connectivity index (χ1) is 10.2. The van der Waals surface area contributed by atoms with E-state index in [1.807, 2.05) is 19.0 Å². The van der Waals surface area contributed by atoms with E-state index in [0.717, 1.165) is 16.4 Å². The molecule has 0 bridgehead atoms. The maximum Gasteiger partial charge on any atom is 0.322 e. The number of carboxylic acids is 1. The van der Waals surface area contributed by atoms with Crippen LogP contribution in [0.3, 0.4) is 0 Å². The third kappa shape index (κ3) is 3.29. The van der Waals surface area contributed by atoms with Crippen molar-refractivity contribution in [1.29, 1.82) is 0 Å². The molecule has 0 aromatic heterocycles. The lowest BCUT2D eigenvalue weighted by atomic mass is 9.99. The molecule has 1 aliphatic heterocycles. The van der Waals surface area contributed by atoms with Crippen molar-refractivity contribution in [2.45, 2.75) is 29.8 Å². The molecule has 22 heavy (non-hydrogen) atoms. The number of hydrogen-bond donors (Lipinski definition) is 1. The van der Waals surface area contributed by atoms with Gasteiger partial charge in [-0.05, 0) is 45.1 Å². The first-order valence-electron chi connectivity index (χ1n) is 6.90. The topological polar surface area (TPSA) is 77.9 Å². The Bertz CT molecular complexity index is 663. The maximum absolute atomic E-state index is 13.3. The molecule has 2 rings (SSSR count). The Morgan fingerprint density at radius 3 is 2.64 bits per heavy atom. The number of carbonyl (C=O) groups is 1. The monoisotopic (exact) mass is 330 g/mol. The Morgan fingerprint density at radius 2 is 2.09 bits per heavy atom. The minimum Gasteiger partial charge on any atom is -0.480 e. The smallest absolute Gasteiger partial charge is 0.322 e. The van der Waals surface area contributed by atoms with Crippen LogP contribution in [0, 0.1) is 5.82 Å².